The molecule has 9 rings (SSSR count). The van der Waals surface area contributed by atoms with E-state index in [1.165, 1.54) is 86.6 Å². The number of fused-ring (bicyclic) bond motifs is 7. The summed E-state index contributed by atoms with van der Waals surface area (Å²) in [6.45, 7) is 4.38. The van der Waals surface area contributed by atoms with E-state index in [1.807, 2.05) is 11.3 Å². The molecule has 8 aromatic rings. The Kier molecular flexibility index (Phi) is 5.97. The molecule has 1 aliphatic rings. The van der Waals surface area contributed by atoms with Gasteiger partial charge in [-0.05, 0) is 98.0 Å². The minimum Gasteiger partial charge on any atom is -0.310 e. The molecule has 2 nitrogen and oxygen atoms in total. The molecule has 5 aromatic carbocycles. The fourth-order valence-corrected chi connectivity index (χ4v) is 8.57. The van der Waals surface area contributed by atoms with Crippen molar-refractivity contribution in [3.63, 3.8) is 0 Å². The molecule has 0 aliphatic heterocycles. The first-order valence-corrected chi connectivity index (χ1v) is 16.6. The molecular formula is C42H32N2S. The monoisotopic (exact) mass is 596 g/mol. The van der Waals surface area contributed by atoms with Crippen molar-refractivity contribution >= 4 is 76.0 Å². The second-order valence-electron chi connectivity index (χ2n) is 12.0. The molecule has 0 spiro atoms. The first-order chi connectivity index (χ1) is 22.2. The van der Waals surface area contributed by atoms with Crippen molar-refractivity contribution in [1.29, 1.82) is 0 Å². The highest BCUT2D eigenvalue weighted by atomic mass is 32.1. The second-order valence-corrected chi connectivity index (χ2v) is 13.1. The van der Waals surface area contributed by atoms with Crippen LogP contribution in [0.4, 0.5) is 0 Å². The Hall–Kier alpha value is -5.12. The molecule has 0 N–H and O–H groups in total. The van der Waals surface area contributed by atoms with Crippen LogP contribution in [0.25, 0.3) is 81.5 Å². The molecule has 0 saturated carbocycles. The Morgan fingerprint density at radius 1 is 0.644 bits per heavy atom. The molecule has 0 saturated heterocycles. The van der Waals surface area contributed by atoms with Gasteiger partial charge in [0.05, 0.1) is 26.9 Å². The van der Waals surface area contributed by atoms with E-state index in [0.29, 0.717) is 0 Å². The average Bonchev–Trinajstić information content (AvgIpc) is 3.72. The fourth-order valence-electron chi connectivity index (χ4n) is 7.37. The molecule has 0 unspecified atom stereocenters. The lowest BCUT2D eigenvalue weighted by Crippen LogP contribution is -1.97. The molecule has 0 amide bonds. The quantitative estimate of drug-likeness (QED) is 0.191. The van der Waals surface area contributed by atoms with E-state index in [4.69, 9.17) is 0 Å². The molecule has 0 atom stereocenters. The summed E-state index contributed by atoms with van der Waals surface area (Å²) in [6.07, 6.45) is 13.5. The maximum Gasteiger partial charge on any atom is 0.0640 e. The highest BCUT2D eigenvalue weighted by molar-refractivity contribution is 7.26. The molecule has 3 aromatic heterocycles. The van der Waals surface area contributed by atoms with Crippen LogP contribution in [0.15, 0.2) is 127 Å². The van der Waals surface area contributed by atoms with Crippen LogP contribution in [-0.4, -0.2) is 9.13 Å². The maximum atomic E-state index is 2.47. The summed E-state index contributed by atoms with van der Waals surface area (Å²) in [7, 11) is 0. The number of rotatable bonds is 4. The van der Waals surface area contributed by atoms with Gasteiger partial charge in [-0.25, -0.2) is 0 Å². The number of aromatic nitrogens is 2. The molecule has 3 heterocycles. The molecule has 45 heavy (non-hydrogen) atoms. The number of thiophene rings is 1. The normalized spacial score (nSPS) is 13.8. The van der Waals surface area contributed by atoms with E-state index in [2.05, 4.69) is 156 Å². The highest BCUT2D eigenvalue weighted by Crippen LogP contribution is 2.42. The second kappa shape index (κ2) is 10.2. The van der Waals surface area contributed by atoms with Crippen molar-refractivity contribution in [3.05, 3.63) is 139 Å². The summed E-state index contributed by atoms with van der Waals surface area (Å²) in [4.78, 5) is 0. The summed E-state index contributed by atoms with van der Waals surface area (Å²) in [5, 5.41) is 6.53. The van der Waals surface area contributed by atoms with E-state index in [9.17, 15) is 0 Å². The Balaban J connectivity index is 1.25. The van der Waals surface area contributed by atoms with Crippen molar-refractivity contribution in [2.75, 3.05) is 0 Å². The van der Waals surface area contributed by atoms with Crippen LogP contribution in [0.5, 0.6) is 0 Å². The van der Waals surface area contributed by atoms with Gasteiger partial charge >= 0.3 is 0 Å². The molecule has 0 radical (unpaired) electrons. The minimum atomic E-state index is 1.09. The Morgan fingerprint density at radius 2 is 1.36 bits per heavy atom. The summed E-state index contributed by atoms with van der Waals surface area (Å²) < 4.78 is 7.55. The molecule has 1 aliphatic carbocycles. The van der Waals surface area contributed by atoms with E-state index in [1.54, 1.807) is 0 Å². The van der Waals surface area contributed by atoms with Gasteiger partial charge < -0.3 is 9.13 Å². The number of nitrogens with zero attached hydrogens (tertiary/aromatic N) is 2. The van der Waals surface area contributed by atoms with Crippen molar-refractivity contribution in [2.45, 2.75) is 26.7 Å². The number of benzene rings is 5. The number of aryl methyl sites for hydroxylation is 1. The van der Waals surface area contributed by atoms with Crippen molar-refractivity contribution < 1.29 is 0 Å². The summed E-state index contributed by atoms with van der Waals surface area (Å²) in [5.74, 6) is 0. The first-order valence-electron chi connectivity index (χ1n) is 15.8. The molecule has 3 heteroatoms. The predicted molar refractivity (Wildman–Crippen MR) is 197 cm³/mol. The SMILES string of the molecule is C/C=C\c1c(C)c2cc(-c3ccc4c(c3)c3ccccc3n4C3=CCCC=C3)ccc2n1-c1cccc2c1sc1ccccc12. The Labute approximate surface area is 266 Å². The van der Waals surface area contributed by atoms with Crippen molar-refractivity contribution in [2.24, 2.45) is 0 Å². The lowest BCUT2D eigenvalue weighted by Gasteiger charge is -2.12. The topological polar surface area (TPSA) is 9.86 Å². The number of allylic oxidation sites excluding steroid dienone is 5. The number of hydrogen-bond donors (Lipinski definition) is 0. The third-order valence-corrected chi connectivity index (χ3v) is 10.7. The van der Waals surface area contributed by atoms with Gasteiger partial charge in [0, 0.05) is 43.0 Å². The van der Waals surface area contributed by atoms with E-state index < -0.39 is 0 Å². The Morgan fingerprint density at radius 3 is 2.16 bits per heavy atom. The third kappa shape index (κ3) is 3.94. The number of hydrogen-bond acceptors (Lipinski definition) is 1. The largest absolute Gasteiger partial charge is 0.310 e. The van der Waals surface area contributed by atoms with Crippen LogP contribution in [0, 0.1) is 6.92 Å². The lowest BCUT2D eigenvalue weighted by atomic mass is 10.0. The lowest BCUT2D eigenvalue weighted by molar-refractivity contribution is 1.02. The molecule has 216 valence electrons. The van der Waals surface area contributed by atoms with Crippen LogP contribution in [0.2, 0.25) is 0 Å². The highest BCUT2D eigenvalue weighted by Gasteiger charge is 2.19. The van der Waals surface area contributed by atoms with Gasteiger partial charge in [-0.15, -0.1) is 11.3 Å². The molecule has 0 bridgehead atoms. The third-order valence-electron chi connectivity index (χ3n) is 9.46. The molecule has 0 fully saturated rings. The zero-order valence-corrected chi connectivity index (χ0v) is 26.2. The van der Waals surface area contributed by atoms with Crippen LogP contribution in [0.3, 0.4) is 0 Å². The average molecular weight is 597 g/mol. The van der Waals surface area contributed by atoms with Gasteiger partial charge in [0.1, 0.15) is 0 Å². The summed E-state index contributed by atoms with van der Waals surface area (Å²) in [5.41, 5.74) is 11.3. The molecular weight excluding hydrogens is 565 g/mol. The van der Waals surface area contributed by atoms with E-state index >= 15 is 0 Å². The predicted octanol–water partition coefficient (Wildman–Crippen LogP) is 12.3. The van der Waals surface area contributed by atoms with Gasteiger partial charge in [-0.1, -0.05) is 78.9 Å². The van der Waals surface area contributed by atoms with Crippen LogP contribution in [0.1, 0.15) is 31.0 Å². The summed E-state index contributed by atoms with van der Waals surface area (Å²) in [6, 6.07) is 38.3. The number of para-hydroxylation sites is 1. The Bertz CT molecular complexity index is 2560. The van der Waals surface area contributed by atoms with E-state index in [-0.39, 0.29) is 0 Å². The van der Waals surface area contributed by atoms with Crippen molar-refractivity contribution in [3.8, 4) is 16.8 Å². The smallest absolute Gasteiger partial charge is 0.0640 e. The standard InChI is InChI=1S/C42H32N2S/c1-3-12-36-27(2)34-25-28(21-23-38(34)44(36)40-19-11-17-33-32-16-8-10-20-41(32)45-42(33)40)29-22-24-39-35(26-29)31-15-7-9-18-37(31)43(39)30-13-5-4-6-14-30/h3,5,7-26H,4,6H2,1-2H3/b12-3-. The van der Waals surface area contributed by atoms with Gasteiger partial charge in [0.25, 0.3) is 0 Å². The van der Waals surface area contributed by atoms with Gasteiger partial charge in [-0.2, -0.15) is 0 Å². The summed E-state index contributed by atoms with van der Waals surface area (Å²) >= 11 is 1.89. The van der Waals surface area contributed by atoms with Crippen LogP contribution < -0.4 is 0 Å². The van der Waals surface area contributed by atoms with Gasteiger partial charge in [-0.3, -0.25) is 0 Å². The maximum absolute atomic E-state index is 2.47. The van der Waals surface area contributed by atoms with Crippen LogP contribution >= 0.6 is 11.3 Å². The zero-order valence-electron chi connectivity index (χ0n) is 25.4. The van der Waals surface area contributed by atoms with E-state index in [0.717, 1.165) is 12.8 Å². The van der Waals surface area contributed by atoms with Crippen molar-refractivity contribution in [1.82, 2.24) is 9.13 Å². The van der Waals surface area contributed by atoms with Gasteiger partial charge in [0.15, 0.2) is 0 Å². The van der Waals surface area contributed by atoms with Gasteiger partial charge in [0.2, 0.25) is 0 Å². The zero-order chi connectivity index (χ0) is 30.1. The minimum absolute atomic E-state index is 1.09. The first kappa shape index (κ1) is 26.3. The van der Waals surface area contributed by atoms with Crippen LogP contribution in [-0.2, 0) is 0 Å². The fraction of sp³-hybridized carbons (Fsp3) is 0.0952.